The highest BCUT2D eigenvalue weighted by atomic mass is 32.2. The molecule has 0 bridgehead atoms. The van der Waals surface area contributed by atoms with Gasteiger partial charge in [0.1, 0.15) is 24.0 Å². The van der Waals surface area contributed by atoms with E-state index >= 15 is 0 Å². The van der Waals surface area contributed by atoms with Crippen molar-refractivity contribution < 1.29 is 19.0 Å². The van der Waals surface area contributed by atoms with Crippen LogP contribution in [0, 0.1) is 5.41 Å². The van der Waals surface area contributed by atoms with E-state index in [1.54, 1.807) is 13.2 Å². The fourth-order valence-electron chi connectivity index (χ4n) is 3.22. The molecule has 2 aromatic carbocycles. The molecular weight excluding hydrogens is 440 g/mol. The first-order valence-corrected chi connectivity index (χ1v) is 11.4. The van der Waals surface area contributed by atoms with E-state index in [0.29, 0.717) is 35.6 Å². The van der Waals surface area contributed by atoms with E-state index in [1.165, 1.54) is 16.8 Å². The Morgan fingerprint density at radius 2 is 1.79 bits per heavy atom. The largest absolute Gasteiger partial charge is 0.493 e. The van der Waals surface area contributed by atoms with Crippen LogP contribution in [-0.4, -0.2) is 47.3 Å². The Bertz CT molecular complexity index is 1140. The van der Waals surface area contributed by atoms with Gasteiger partial charge >= 0.3 is 0 Å². The van der Waals surface area contributed by atoms with Crippen LogP contribution in [0.5, 0.6) is 17.2 Å². The maximum atomic E-state index is 12.5. The second-order valence-corrected chi connectivity index (χ2v) is 8.22. The van der Waals surface area contributed by atoms with Crippen molar-refractivity contribution in [1.82, 2.24) is 5.01 Å². The van der Waals surface area contributed by atoms with E-state index < -0.39 is 5.91 Å². The van der Waals surface area contributed by atoms with Gasteiger partial charge in [-0.25, -0.2) is 0 Å². The maximum absolute atomic E-state index is 12.5. The number of nitrogens with zero attached hydrogens (tertiary/aromatic N) is 3. The van der Waals surface area contributed by atoms with Crippen LogP contribution < -0.4 is 14.2 Å². The molecule has 0 aromatic heterocycles. The van der Waals surface area contributed by atoms with Crippen molar-refractivity contribution in [2.24, 2.45) is 10.1 Å². The number of carbonyl (C=O) groups is 1. The molecule has 0 spiro atoms. The maximum Gasteiger partial charge on any atom is 0.283 e. The van der Waals surface area contributed by atoms with Gasteiger partial charge in [-0.1, -0.05) is 31.2 Å². The summed E-state index contributed by atoms with van der Waals surface area (Å²) in [7, 11) is 1.60. The SMILES string of the molecule is CCCC1=NN2C(=N)/C(=C\c3ccc(OCCOc4ccccc4OC)cc3)C(=O)N=C2S1. The zero-order valence-corrected chi connectivity index (χ0v) is 19.2. The van der Waals surface area contributed by atoms with Gasteiger partial charge in [0, 0.05) is 0 Å². The second-order valence-electron chi connectivity index (χ2n) is 7.18. The highest BCUT2D eigenvalue weighted by molar-refractivity contribution is 8.26. The van der Waals surface area contributed by atoms with Crippen molar-refractivity contribution in [3.63, 3.8) is 0 Å². The smallest absolute Gasteiger partial charge is 0.283 e. The Morgan fingerprint density at radius 1 is 1.06 bits per heavy atom. The Hall–Kier alpha value is -3.59. The molecule has 2 aliphatic heterocycles. The van der Waals surface area contributed by atoms with E-state index in [2.05, 4.69) is 17.0 Å². The third-order valence-electron chi connectivity index (χ3n) is 4.83. The summed E-state index contributed by atoms with van der Waals surface area (Å²) >= 11 is 1.35. The average molecular weight is 465 g/mol. The lowest BCUT2D eigenvalue weighted by Gasteiger charge is -2.20. The lowest BCUT2D eigenvalue weighted by atomic mass is 10.1. The van der Waals surface area contributed by atoms with Crippen molar-refractivity contribution in [1.29, 1.82) is 5.41 Å². The van der Waals surface area contributed by atoms with Crippen LogP contribution in [-0.2, 0) is 4.79 Å². The molecule has 9 heteroatoms. The van der Waals surface area contributed by atoms with Crippen molar-refractivity contribution in [2.75, 3.05) is 20.3 Å². The predicted octanol–water partition coefficient (Wildman–Crippen LogP) is 4.57. The predicted molar refractivity (Wildman–Crippen MR) is 130 cm³/mol. The molecule has 1 amide bonds. The molecule has 4 rings (SSSR count). The quantitative estimate of drug-likeness (QED) is 0.431. The molecule has 0 unspecified atom stereocenters. The number of amidine groups is 2. The minimum atomic E-state index is -0.430. The van der Waals surface area contributed by atoms with Gasteiger partial charge in [0.15, 0.2) is 17.3 Å². The van der Waals surface area contributed by atoms with E-state index in [1.807, 2.05) is 48.5 Å². The summed E-state index contributed by atoms with van der Waals surface area (Å²) in [6, 6.07) is 14.7. The zero-order chi connectivity index (χ0) is 23.2. The lowest BCUT2D eigenvalue weighted by molar-refractivity contribution is -0.114. The van der Waals surface area contributed by atoms with Gasteiger partial charge in [-0.15, -0.1) is 0 Å². The van der Waals surface area contributed by atoms with E-state index in [9.17, 15) is 4.79 Å². The third-order valence-corrected chi connectivity index (χ3v) is 5.80. The lowest BCUT2D eigenvalue weighted by Crippen LogP contribution is -2.35. The van der Waals surface area contributed by atoms with Gasteiger partial charge in [-0.2, -0.15) is 15.1 Å². The van der Waals surface area contributed by atoms with E-state index in [-0.39, 0.29) is 11.4 Å². The Morgan fingerprint density at radius 3 is 2.52 bits per heavy atom. The third kappa shape index (κ3) is 5.25. The first-order chi connectivity index (χ1) is 16.1. The number of methoxy groups -OCH3 is 1. The minimum Gasteiger partial charge on any atom is -0.493 e. The van der Waals surface area contributed by atoms with E-state index in [0.717, 1.165) is 23.4 Å². The van der Waals surface area contributed by atoms with Crippen LogP contribution in [0.1, 0.15) is 25.3 Å². The summed E-state index contributed by atoms with van der Waals surface area (Å²) in [6.45, 7) is 2.79. The highest BCUT2D eigenvalue weighted by Gasteiger charge is 2.35. The highest BCUT2D eigenvalue weighted by Crippen LogP contribution is 2.30. The summed E-state index contributed by atoms with van der Waals surface area (Å²) in [6.07, 6.45) is 3.39. The van der Waals surface area contributed by atoms with Gasteiger partial charge in [-0.05, 0) is 60.5 Å². The van der Waals surface area contributed by atoms with Gasteiger partial charge in [0.25, 0.3) is 5.91 Å². The van der Waals surface area contributed by atoms with Gasteiger partial charge in [0.2, 0.25) is 5.17 Å². The molecular formula is C24H24N4O4S. The number of thioether (sulfide) groups is 1. The molecule has 2 aliphatic rings. The number of nitrogens with one attached hydrogen (secondary N) is 1. The summed E-state index contributed by atoms with van der Waals surface area (Å²) in [5, 5.41) is 15.6. The first kappa shape index (κ1) is 22.6. The molecule has 0 saturated heterocycles. The zero-order valence-electron chi connectivity index (χ0n) is 18.4. The molecule has 8 nitrogen and oxygen atoms in total. The summed E-state index contributed by atoms with van der Waals surface area (Å²) in [5.74, 6) is 1.63. The summed E-state index contributed by atoms with van der Waals surface area (Å²) < 4.78 is 16.7. The van der Waals surface area contributed by atoms with Crippen LogP contribution >= 0.6 is 11.8 Å². The van der Waals surface area contributed by atoms with Gasteiger partial charge in [-0.3, -0.25) is 10.2 Å². The number of carbonyl (C=O) groups excluding carboxylic acids is 1. The van der Waals surface area contributed by atoms with Gasteiger partial charge in [0.05, 0.1) is 12.7 Å². The number of rotatable bonds is 9. The molecule has 33 heavy (non-hydrogen) atoms. The molecule has 0 atom stereocenters. The molecule has 0 aliphatic carbocycles. The summed E-state index contributed by atoms with van der Waals surface area (Å²) in [4.78, 5) is 16.6. The second kappa shape index (κ2) is 10.4. The summed E-state index contributed by atoms with van der Waals surface area (Å²) in [5.41, 5.74) is 0.976. The molecule has 2 aromatic rings. The number of hydrazone groups is 1. The number of amides is 1. The van der Waals surface area contributed by atoms with Gasteiger partial charge < -0.3 is 14.2 Å². The number of hydrogen-bond donors (Lipinski definition) is 1. The first-order valence-electron chi connectivity index (χ1n) is 10.6. The fraction of sp³-hybridized carbons (Fsp3) is 0.250. The number of benzene rings is 2. The molecule has 0 fully saturated rings. The van der Waals surface area contributed by atoms with Crippen LogP contribution in [0.15, 0.2) is 64.2 Å². The number of aliphatic imine (C=N–C) groups is 1. The van der Waals surface area contributed by atoms with Crippen LogP contribution in [0.2, 0.25) is 0 Å². The van der Waals surface area contributed by atoms with Crippen molar-refractivity contribution in [2.45, 2.75) is 19.8 Å². The standard InChI is InChI=1S/C24H24N4O4S/c1-3-6-21-27-28-22(25)18(23(29)26-24(28)33-21)15-16-9-11-17(12-10-16)31-13-14-32-20-8-5-4-7-19(20)30-2/h4-5,7-12,15,25H,3,6,13-14H2,1-2H3/b18-15+,25-22?. The fourth-order valence-corrected chi connectivity index (χ4v) is 4.21. The number of hydrogen-bond acceptors (Lipinski definition) is 7. The van der Waals surface area contributed by atoms with Crippen molar-refractivity contribution in [3.8, 4) is 17.2 Å². The molecule has 170 valence electrons. The number of para-hydroxylation sites is 2. The number of ether oxygens (including phenoxy) is 3. The van der Waals surface area contributed by atoms with Crippen LogP contribution in [0.25, 0.3) is 6.08 Å². The average Bonchev–Trinajstić information content (AvgIpc) is 3.23. The molecule has 0 radical (unpaired) electrons. The number of fused-ring (bicyclic) bond motifs is 1. The van der Waals surface area contributed by atoms with Crippen LogP contribution in [0.4, 0.5) is 0 Å². The normalized spacial score (nSPS) is 16.4. The monoisotopic (exact) mass is 464 g/mol. The Labute approximate surface area is 196 Å². The molecule has 2 heterocycles. The topological polar surface area (TPSA) is 96.6 Å². The Balaban J connectivity index is 1.35. The van der Waals surface area contributed by atoms with Crippen molar-refractivity contribution in [3.05, 3.63) is 59.7 Å². The molecule has 0 saturated carbocycles. The van der Waals surface area contributed by atoms with E-state index in [4.69, 9.17) is 19.6 Å². The Kier molecular flexibility index (Phi) is 7.09. The van der Waals surface area contributed by atoms with Crippen molar-refractivity contribution >= 4 is 39.8 Å². The molecule has 1 N–H and O–H groups in total. The van der Waals surface area contributed by atoms with Crippen LogP contribution in [0.3, 0.4) is 0 Å². The minimum absolute atomic E-state index is 0.0393.